The van der Waals surface area contributed by atoms with E-state index in [0.717, 1.165) is 44.9 Å². The summed E-state index contributed by atoms with van der Waals surface area (Å²) in [5.74, 6) is -2.99. The number of rotatable bonds is 28. The van der Waals surface area contributed by atoms with Crippen molar-refractivity contribution in [1.29, 1.82) is 0 Å². The lowest BCUT2D eigenvalue weighted by Gasteiger charge is -2.24. The van der Waals surface area contributed by atoms with Crippen molar-refractivity contribution in [2.75, 3.05) is 75.2 Å². The number of fused-ring (bicyclic) bond motifs is 2. The van der Waals surface area contributed by atoms with E-state index in [1.54, 1.807) is 37.2 Å². The van der Waals surface area contributed by atoms with Crippen LogP contribution in [0.4, 0.5) is 35.2 Å². The van der Waals surface area contributed by atoms with E-state index >= 15 is 0 Å². The minimum atomic E-state index is -4.51. The van der Waals surface area contributed by atoms with Crippen LogP contribution < -0.4 is 36.9 Å². The number of nitrogens with two attached hydrogens (primary N) is 2. The number of nitrogens with one attached hydrogen (secondary N) is 3. The molecule has 2 aliphatic heterocycles. The van der Waals surface area contributed by atoms with E-state index in [9.17, 15) is 46.7 Å². The molecule has 79 heavy (non-hydrogen) atoms. The maximum atomic E-state index is 13.9. The Labute approximate surface area is 454 Å². The normalized spacial score (nSPS) is 14.0. The molecule has 2 aromatic heterocycles. The number of alkyl halides is 3. The quantitative estimate of drug-likeness (QED) is 0.0258. The highest BCUT2D eigenvalue weighted by Gasteiger charge is 2.33. The van der Waals surface area contributed by atoms with E-state index in [1.807, 2.05) is 52.7 Å². The minimum absolute atomic E-state index is 0.0199. The van der Waals surface area contributed by atoms with Crippen LogP contribution >= 0.6 is 0 Å². The van der Waals surface area contributed by atoms with Gasteiger partial charge in [0.15, 0.2) is 5.78 Å². The molecule has 7 N–H and O–H groups in total. The van der Waals surface area contributed by atoms with Crippen LogP contribution in [0, 0.1) is 11.8 Å². The third kappa shape index (κ3) is 15.8. The molecule has 7 rings (SSSR count). The molecule has 23 heteroatoms. The van der Waals surface area contributed by atoms with Crippen LogP contribution in [0.15, 0.2) is 91.4 Å². The van der Waals surface area contributed by atoms with Gasteiger partial charge in [-0.05, 0) is 77.8 Å². The number of halogens is 3. The zero-order chi connectivity index (χ0) is 56.8. The number of anilines is 3. The molecule has 7 amide bonds. The Kier molecular flexibility index (Phi) is 20.1. The van der Waals surface area contributed by atoms with Crippen LogP contribution in [0.2, 0.25) is 0 Å². The molecule has 0 bridgehead atoms. The number of primary amides is 1. The second kappa shape index (κ2) is 27.0. The first-order chi connectivity index (χ1) is 37.8. The maximum Gasteiger partial charge on any atom is 0.416 e. The van der Waals surface area contributed by atoms with Crippen molar-refractivity contribution in [3.8, 4) is 11.1 Å². The molecule has 2 atom stereocenters. The zero-order valence-electron chi connectivity index (χ0n) is 44.3. The Morgan fingerprint density at radius 1 is 0.873 bits per heavy atom. The van der Waals surface area contributed by atoms with Crippen LogP contribution in [0.3, 0.4) is 0 Å². The van der Waals surface area contributed by atoms with Crippen LogP contribution in [0.5, 0.6) is 0 Å². The van der Waals surface area contributed by atoms with Gasteiger partial charge >= 0.3 is 12.2 Å². The molecule has 2 aliphatic rings. The number of ketones is 1. The number of carbonyl (C=O) groups excluding carboxylic acids is 7. The number of urea groups is 1. The summed E-state index contributed by atoms with van der Waals surface area (Å²) >= 11 is 0. The number of nitrogens with zero attached hydrogens (tertiary/aromatic N) is 5. The number of ether oxygens (including phenoxy) is 3. The number of imide groups is 1. The highest BCUT2D eigenvalue weighted by atomic mass is 19.4. The molecule has 0 saturated heterocycles. The van der Waals surface area contributed by atoms with Crippen LogP contribution in [-0.2, 0) is 75.6 Å². The number of aromatic nitrogens is 3. The van der Waals surface area contributed by atoms with E-state index in [2.05, 4.69) is 20.9 Å². The first-order valence-electron chi connectivity index (χ1n) is 26.0. The van der Waals surface area contributed by atoms with Gasteiger partial charge < -0.3 is 46.5 Å². The average Bonchev–Trinajstić information content (AvgIpc) is 4.13. The van der Waals surface area contributed by atoms with Crippen molar-refractivity contribution in [2.45, 2.75) is 71.1 Å². The summed E-state index contributed by atoms with van der Waals surface area (Å²) in [5.41, 5.74) is 16.7. The van der Waals surface area contributed by atoms with Crippen molar-refractivity contribution in [3.05, 3.63) is 114 Å². The largest absolute Gasteiger partial charge is 0.416 e. The number of hydrogen-bond donors (Lipinski definition) is 5. The van der Waals surface area contributed by atoms with Gasteiger partial charge in [0.25, 0.3) is 11.8 Å². The van der Waals surface area contributed by atoms with Gasteiger partial charge in [-0.1, -0.05) is 55.2 Å². The van der Waals surface area contributed by atoms with Gasteiger partial charge in [0.05, 0.1) is 84.0 Å². The fourth-order valence-electron chi connectivity index (χ4n) is 9.53. The smallest absolute Gasteiger partial charge is 0.379 e. The van der Waals surface area contributed by atoms with Gasteiger partial charge in [-0.15, -0.1) is 0 Å². The Morgan fingerprint density at radius 3 is 2.25 bits per heavy atom. The molecule has 4 heterocycles. The molecular weight excluding hydrogens is 1030 g/mol. The summed E-state index contributed by atoms with van der Waals surface area (Å²) < 4.78 is 60.4. The molecule has 420 valence electrons. The Morgan fingerprint density at radius 2 is 1.57 bits per heavy atom. The zero-order valence-corrected chi connectivity index (χ0v) is 44.3. The molecule has 0 spiro atoms. The average molecular weight is 1100 g/mol. The van der Waals surface area contributed by atoms with Crippen molar-refractivity contribution in [1.82, 2.24) is 25.1 Å². The molecule has 0 saturated carbocycles. The molecule has 0 fully saturated rings. The highest BCUT2D eigenvalue weighted by molar-refractivity contribution is 6.13. The summed E-state index contributed by atoms with van der Waals surface area (Å²) in [4.78, 5) is 95.9. The van der Waals surface area contributed by atoms with E-state index < -0.39 is 41.5 Å². The van der Waals surface area contributed by atoms with Crippen LogP contribution in [-0.4, -0.2) is 121 Å². The van der Waals surface area contributed by atoms with E-state index in [1.165, 1.54) is 24.3 Å². The monoisotopic (exact) mass is 1100 g/mol. The van der Waals surface area contributed by atoms with Crippen molar-refractivity contribution < 1.29 is 65.5 Å². The van der Waals surface area contributed by atoms with E-state index in [4.69, 9.17) is 25.7 Å². The number of hydrogen-bond acceptors (Lipinski definition) is 12. The van der Waals surface area contributed by atoms with Crippen molar-refractivity contribution in [3.63, 3.8) is 0 Å². The van der Waals surface area contributed by atoms with Gasteiger partial charge in [0.1, 0.15) is 5.39 Å². The minimum Gasteiger partial charge on any atom is -0.379 e. The second-order valence-corrected chi connectivity index (χ2v) is 19.6. The van der Waals surface area contributed by atoms with Gasteiger partial charge in [-0.3, -0.25) is 38.2 Å². The number of benzene rings is 3. The fraction of sp³-hybridized carbons (Fsp3) is 0.411. The SMILES string of the molecule is CC(C)[C@H](NC(=O)CCOCCOCCOCCN1C(=O)C=CC1=O)C(=O)C[C@@H](CCCNC(N)=O)C(=O)Nc1ccc(C[n+]2cnc(N)c3c(-c4ccc5c(c4)CCN5C(=O)Cc4cccc(C(F)(F)F)c4)cn(C)c32)cc1. The number of aryl methyl sites for hydroxylation is 1. The Bertz CT molecular complexity index is 3050. The molecular formula is C56H66F3N10O10+. The lowest BCUT2D eigenvalue weighted by atomic mass is 9.89. The number of carbonyl (C=O) groups is 7. The van der Waals surface area contributed by atoms with Gasteiger partial charge in [0, 0.05) is 60.9 Å². The molecule has 3 aromatic carbocycles. The predicted octanol–water partition coefficient (Wildman–Crippen LogP) is 4.78. The fourth-order valence-corrected chi connectivity index (χ4v) is 9.53. The molecule has 0 unspecified atom stereocenters. The second-order valence-electron chi connectivity index (χ2n) is 19.6. The summed E-state index contributed by atoms with van der Waals surface area (Å²) in [6.07, 6.45) is 2.30. The third-order valence-electron chi connectivity index (χ3n) is 13.5. The van der Waals surface area contributed by atoms with Crippen LogP contribution in [0.25, 0.3) is 22.2 Å². The Balaban J connectivity index is 0.916. The first-order valence-corrected chi connectivity index (χ1v) is 26.0. The van der Waals surface area contributed by atoms with E-state index in [0.29, 0.717) is 48.5 Å². The summed E-state index contributed by atoms with van der Waals surface area (Å²) in [7, 11) is 1.90. The lowest BCUT2D eigenvalue weighted by Crippen LogP contribution is -2.45. The molecule has 20 nitrogen and oxygen atoms in total. The number of amides is 7. The number of nitrogen functional groups attached to an aromatic ring is 1. The predicted molar refractivity (Wildman–Crippen MR) is 286 cm³/mol. The summed E-state index contributed by atoms with van der Waals surface area (Å²) in [5, 5.41) is 8.97. The summed E-state index contributed by atoms with van der Waals surface area (Å²) in [6, 6.07) is 16.2. The standard InChI is InChI=1S/C56H65F3N10O10/c1-35(2)51(65-46(71)18-22-77-24-26-79-27-25-78-23-21-69-47(72)15-16-48(69)73)45(70)31-40(7-5-19-62-55(61)76)53(75)64-42-12-9-36(10-13-42)32-67-34-63-52(60)50-43(33-66(3)54(50)67)38-11-14-44-39(30-38)17-20-68(44)49(74)29-37-6-4-8-41(28-37)56(57,58)59/h4,6,8-16,28,30,33-35,40,51,60H,5,7,17-27,29,31-32H2,1-3H3,(H5,61,62,64,65,71,75,76)/p+1/t40-,51+/m1/s1. The highest BCUT2D eigenvalue weighted by Crippen LogP contribution is 2.37. The van der Waals surface area contributed by atoms with Gasteiger partial charge in [-0.2, -0.15) is 13.2 Å². The third-order valence-corrected chi connectivity index (χ3v) is 13.5. The summed E-state index contributed by atoms with van der Waals surface area (Å²) in [6.45, 7) is 5.92. The van der Waals surface area contributed by atoms with Crippen molar-refractivity contribution >= 4 is 69.6 Å². The first kappa shape index (κ1) is 58.7. The van der Waals surface area contributed by atoms with E-state index in [-0.39, 0.29) is 113 Å². The molecule has 0 aliphatic carbocycles. The topological polar surface area (TPSA) is 263 Å². The molecule has 5 aromatic rings. The van der Waals surface area contributed by atoms with Crippen molar-refractivity contribution in [2.24, 2.45) is 24.6 Å². The molecule has 0 radical (unpaired) electrons. The maximum absolute atomic E-state index is 13.9. The lowest BCUT2D eigenvalue weighted by molar-refractivity contribution is -0.667. The van der Waals surface area contributed by atoms with Gasteiger partial charge in [-0.25, -0.2) is 9.36 Å². The van der Waals surface area contributed by atoms with Crippen LogP contribution in [0.1, 0.15) is 61.8 Å². The van der Waals surface area contributed by atoms with Gasteiger partial charge in [0.2, 0.25) is 35.5 Å². The Hall–Kier alpha value is -8.02. The number of Topliss-reactive ketones (excluding diaryl/α,β-unsaturated/α-hetero) is 1.